The predicted octanol–water partition coefficient (Wildman–Crippen LogP) is 0.634. The molecule has 0 fully saturated rings. The van der Waals surface area contributed by atoms with Gasteiger partial charge in [0.25, 0.3) is 5.91 Å². The molecule has 0 unspecified atom stereocenters. The minimum atomic E-state index is -1.17. The van der Waals surface area contributed by atoms with Crippen LogP contribution < -0.4 is 21.7 Å². The molecule has 0 spiro atoms. The van der Waals surface area contributed by atoms with E-state index in [2.05, 4.69) is 10.6 Å². The van der Waals surface area contributed by atoms with Crippen LogP contribution in [0.1, 0.15) is 36.7 Å². The van der Waals surface area contributed by atoms with Crippen molar-refractivity contribution < 1.29 is 23.9 Å². The first-order valence-electron chi connectivity index (χ1n) is 7.63. The van der Waals surface area contributed by atoms with Gasteiger partial charge in [0, 0.05) is 12.6 Å². The van der Waals surface area contributed by atoms with E-state index in [-0.39, 0.29) is 17.6 Å². The summed E-state index contributed by atoms with van der Waals surface area (Å²) in [5.74, 6) is -1.53. The van der Waals surface area contributed by atoms with Crippen LogP contribution in [0.15, 0.2) is 24.3 Å². The maximum absolute atomic E-state index is 11.9. The molecule has 5 amide bonds. The van der Waals surface area contributed by atoms with Gasteiger partial charge in [-0.3, -0.25) is 10.1 Å². The molecular formula is C16H22N4O5. The number of hydrogen-bond acceptors (Lipinski definition) is 5. The fourth-order valence-electron chi connectivity index (χ4n) is 1.76. The first-order chi connectivity index (χ1) is 11.7. The van der Waals surface area contributed by atoms with E-state index in [0.717, 1.165) is 5.56 Å². The summed E-state index contributed by atoms with van der Waals surface area (Å²) < 4.78 is 4.94. The van der Waals surface area contributed by atoms with Gasteiger partial charge in [0.15, 0.2) is 6.10 Å². The third kappa shape index (κ3) is 7.34. The number of nitrogens with two attached hydrogens (primary N) is 1. The summed E-state index contributed by atoms with van der Waals surface area (Å²) in [6.45, 7) is 5.32. The van der Waals surface area contributed by atoms with Gasteiger partial charge in [-0.25, -0.2) is 14.4 Å². The molecule has 1 aromatic rings. The number of carbonyl (C=O) groups is 4. The molecule has 25 heavy (non-hydrogen) atoms. The van der Waals surface area contributed by atoms with Crippen molar-refractivity contribution in [2.75, 3.05) is 0 Å². The number of benzene rings is 1. The molecule has 9 nitrogen and oxygen atoms in total. The number of rotatable bonds is 6. The summed E-state index contributed by atoms with van der Waals surface area (Å²) in [4.78, 5) is 45.5. The third-order valence-corrected chi connectivity index (χ3v) is 2.96. The fraction of sp³-hybridized carbons (Fsp3) is 0.375. The Labute approximate surface area is 145 Å². The summed E-state index contributed by atoms with van der Waals surface area (Å²) in [5, 5.41) is 7.20. The number of esters is 1. The summed E-state index contributed by atoms with van der Waals surface area (Å²) in [6, 6.07) is 5.06. The molecule has 1 rings (SSSR count). The maximum atomic E-state index is 11.9. The number of ether oxygens (including phenoxy) is 1. The zero-order valence-corrected chi connectivity index (χ0v) is 14.3. The van der Waals surface area contributed by atoms with Crippen molar-refractivity contribution in [1.82, 2.24) is 16.0 Å². The molecule has 0 bridgehead atoms. The van der Waals surface area contributed by atoms with Crippen molar-refractivity contribution in [2.45, 2.75) is 39.5 Å². The zero-order chi connectivity index (χ0) is 19.0. The van der Waals surface area contributed by atoms with Gasteiger partial charge in [-0.2, -0.15) is 0 Å². The van der Waals surface area contributed by atoms with E-state index in [9.17, 15) is 19.2 Å². The monoisotopic (exact) mass is 350 g/mol. The van der Waals surface area contributed by atoms with Gasteiger partial charge in [-0.1, -0.05) is 12.1 Å². The fourth-order valence-corrected chi connectivity index (χ4v) is 1.76. The second kappa shape index (κ2) is 9.26. The summed E-state index contributed by atoms with van der Waals surface area (Å²) in [7, 11) is 0. The second-order valence-electron chi connectivity index (χ2n) is 5.58. The molecule has 0 radical (unpaired) electrons. The number of nitrogens with one attached hydrogen (secondary N) is 3. The predicted molar refractivity (Wildman–Crippen MR) is 89.6 cm³/mol. The lowest BCUT2D eigenvalue weighted by Gasteiger charge is -2.12. The number of amides is 5. The van der Waals surface area contributed by atoms with Crippen LogP contribution in [0.2, 0.25) is 0 Å². The number of carbonyl (C=O) groups excluding carboxylic acids is 4. The minimum absolute atomic E-state index is 0.0332. The number of urea groups is 2. The van der Waals surface area contributed by atoms with Crippen molar-refractivity contribution in [3.8, 4) is 0 Å². The van der Waals surface area contributed by atoms with E-state index in [1.54, 1.807) is 12.1 Å². The molecule has 0 aliphatic rings. The quantitative estimate of drug-likeness (QED) is 0.557. The number of primary amides is 1. The van der Waals surface area contributed by atoms with E-state index >= 15 is 0 Å². The van der Waals surface area contributed by atoms with Crippen molar-refractivity contribution >= 4 is 23.9 Å². The Kier molecular flexibility index (Phi) is 7.39. The van der Waals surface area contributed by atoms with Gasteiger partial charge in [-0.05, 0) is 38.5 Å². The SMILES string of the molecule is CC(C)NC(=O)NCc1ccc(C(=O)O[C@@H](C)C(=O)NC(N)=O)cc1. The molecule has 5 N–H and O–H groups in total. The Hall–Kier alpha value is -3.10. The largest absolute Gasteiger partial charge is 0.449 e. The van der Waals surface area contributed by atoms with E-state index in [0.29, 0.717) is 6.54 Å². The van der Waals surface area contributed by atoms with Gasteiger partial charge in [0.2, 0.25) is 0 Å². The van der Waals surface area contributed by atoms with Gasteiger partial charge < -0.3 is 21.1 Å². The Balaban J connectivity index is 2.55. The molecule has 1 aromatic carbocycles. The summed E-state index contributed by atoms with van der Waals surface area (Å²) in [6.07, 6.45) is -1.17. The highest BCUT2D eigenvalue weighted by Crippen LogP contribution is 2.07. The van der Waals surface area contributed by atoms with Gasteiger partial charge in [0.1, 0.15) is 0 Å². The summed E-state index contributed by atoms with van der Waals surface area (Å²) in [5.41, 5.74) is 5.84. The standard InChI is InChI=1S/C16H22N4O5/c1-9(2)19-16(24)18-8-11-4-6-12(7-5-11)14(22)25-10(3)13(21)20-15(17)23/h4-7,9-10H,8H2,1-3H3,(H2,18,19,24)(H3,17,20,21,23)/t10-/m0/s1. The van der Waals surface area contributed by atoms with E-state index < -0.39 is 24.0 Å². The number of imide groups is 1. The van der Waals surface area contributed by atoms with Crippen LogP contribution in [0.25, 0.3) is 0 Å². The van der Waals surface area contributed by atoms with Crippen LogP contribution in [-0.2, 0) is 16.1 Å². The molecule has 0 saturated heterocycles. The molecule has 0 aliphatic carbocycles. The normalized spacial score (nSPS) is 11.4. The highest BCUT2D eigenvalue weighted by molar-refractivity contribution is 5.98. The van der Waals surface area contributed by atoms with Crippen molar-refractivity contribution in [2.24, 2.45) is 5.73 Å². The first kappa shape index (κ1) is 19.9. The topological polar surface area (TPSA) is 140 Å². The average molecular weight is 350 g/mol. The lowest BCUT2D eigenvalue weighted by Crippen LogP contribution is -2.42. The van der Waals surface area contributed by atoms with E-state index in [4.69, 9.17) is 10.5 Å². The highest BCUT2D eigenvalue weighted by atomic mass is 16.5. The molecule has 0 aliphatic heterocycles. The average Bonchev–Trinajstić information content (AvgIpc) is 2.52. The Morgan fingerprint density at radius 3 is 2.20 bits per heavy atom. The lowest BCUT2D eigenvalue weighted by atomic mass is 10.1. The van der Waals surface area contributed by atoms with Crippen LogP contribution in [0.4, 0.5) is 9.59 Å². The number of hydrogen-bond donors (Lipinski definition) is 4. The Morgan fingerprint density at radius 2 is 1.68 bits per heavy atom. The van der Waals surface area contributed by atoms with Crippen molar-refractivity contribution in [3.05, 3.63) is 35.4 Å². The molecule has 0 aromatic heterocycles. The molecule has 0 heterocycles. The lowest BCUT2D eigenvalue weighted by molar-refractivity contribution is -0.127. The maximum Gasteiger partial charge on any atom is 0.338 e. The van der Waals surface area contributed by atoms with Crippen LogP contribution in [-0.4, -0.2) is 36.1 Å². The molecule has 0 saturated carbocycles. The van der Waals surface area contributed by atoms with Crippen molar-refractivity contribution in [3.63, 3.8) is 0 Å². The van der Waals surface area contributed by atoms with Gasteiger partial charge in [0.05, 0.1) is 5.56 Å². The van der Waals surface area contributed by atoms with Crippen LogP contribution in [0.3, 0.4) is 0 Å². The van der Waals surface area contributed by atoms with Crippen LogP contribution >= 0.6 is 0 Å². The Bertz CT molecular complexity index is 642. The molecule has 1 atom stereocenters. The third-order valence-electron chi connectivity index (χ3n) is 2.96. The molecule has 136 valence electrons. The zero-order valence-electron chi connectivity index (χ0n) is 14.3. The van der Waals surface area contributed by atoms with E-state index in [1.165, 1.54) is 19.1 Å². The minimum Gasteiger partial charge on any atom is -0.449 e. The molecule has 9 heteroatoms. The van der Waals surface area contributed by atoms with Crippen LogP contribution in [0.5, 0.6) is 0 Å². The smallest absolute Gasteiger partial charge is 0.338 e. The highest BCUT2D eigenvalue weighted by Gasteiger charge is 2.19. The Morgan fingerprint density at radius 1 is 1.08 bits per heavy atom. The summed E-state index contributed by atoms with van der Waals surface area (Å²) >= 11 is 0. The van der Waals surface area contributed by atoms with Crippen LogP contribution in [0, 0.1) is 0 Å². The van der Waals surface area contributed by atoms with Gasteiger partial charge >= 0.3 is 18.0 Å². The van der Waals surface area contributed by atoms with Gasteiger partial charge in [-0.15, -0.1) is 0 Å². The second-order valence-corrected chi connectivity index (χ2v) is 5.58. The first-order valence-corrected chi connectivity index (χ1v) is 7.63. The molecular weight excluding hydrogens is 328 g/mol. The van der Waals surface area contributed by atoms with Crippen molar-refractivity contribution in [1.29, 1.82) is 0 Å². The van der Waals surface area contributed by atoms with E-state index in [1.807, 2.05) is 19.2 Å².